The third-order valence-electron chi connectivity index (χ3n) is 4.54. The number of rotatable bonds is 3. The molecule has 0 unspecified atom stereocenters. The fraction of sp³-hybridized carbons (Fsp3) is 0.263. The molecule has 1 amide bonds. The van der Waals surface area contributed by atoms with Crippen LogP contribution in [-0.2, 0) is 6.54 Å². The number of nitrogens with zero attached hydrogens (tertiary/aromatic N) is 4. The Morgan fingerprint density at radius 2 is 1.88 bits per heavy atom. The Bertz CT molecular complexity index is 866. The number of pyridine rings is 1. The van der Waals surface area contributed by atoms with E-state index in [1.54, 1.807) is 17.0 Å². The van der Waals surface area contributed by atoms with Gasteiger partial charge < -0.3 is 4.90 Å². The minimum absolute atomic E-state index is 0.105. The van der Waals surface area contributed by atoms with E-state index in [0.29, 0.717) is 18.7 Å². The van der Waals surface area contributed by atoms with E-state index in [2.05, 4.69) is 16.1 Å². The van der Waals surface area contributed by atoms with E-state index < -0.39 is 0 Å². The van der Waals surface area contributed by atoms with Crippen molar-refractivity contribution in [2.45, 2.75) is 6.54 Å². The summed E-state index contributed by atoms with van der Waals surface area (Å²) in [4.78, 5) is 16.5. The summed E-state index contributed by atoms with van der Waals surface area (Å²) in [5.74, 6) is -0.483. The van der Waals surface area contributed by atoms with Gasteiger partial charge in [-0.1, -0.05) is 12.1 Å². The molecule has 0 spiro atoms. The van der Waals surface area contributed by atoms with Crippen molar-refractivity contribution in [2.75, 3.05) is 26.2 Å². The molecule has 0 atom stereocenters. The average Bonchev–Trinajstić information content (AvgIpc) is 3.04. The zero-order valence-corrected chi connectivity index (χ0v) is 13.8. The number of carbonyl (C=O) groups is 1. The second kappa shape index (κ2) is 6.64. The fourth-order valence-electron chi connectivity index (χ4n) is 3.21. The van der Waals surface area contributed by atoms with E-state index >= 15 is 0 Å². The summed E-state index contributed by atoms with van der Waals surface area (Å²) in [6, 6.07) is 14.0. The van der Waals surface area contributed by atoms with Crippen LogP contribution in [0.1, 0.15) is 16.1 Å². The molecule has 2 aromatic heterocycles. The Balaban J connectivity index is 1.37. The van der Waals surface area contributed by atoms with E-state index in [0.717, 1.165) is 30.8 Å². The molecule has 1 aliphatic rings. The minimum Gasteiger partial charge on any atom is -0.336 e. The zero-order chi connectivity index (χ0) is 17.2. The summed E-state index contributed by atoms with van der Waals surface area (Å²) in [6.45, 7) is 3.62. The number of halogens is 1. The van der Waals surface area contributed by atoms with E-state index in [1.165, 1.54) is 12.1 Å². The highest BCUT2D eigenvalue weighted by molar-refractivity contribution is 5.94. The largest absolute Gasteiger partial charge is 0.336 e. The Morgan fingerprint density at radius 1 is 1.04 bits per heavy atom. The number of benzene rings is 1. The normalized spacial score (nSPS) is 15.6. The summed E-state index contributed by atoms with van der Waals surface area (Å²) >= 11 is 0. The smallest absolute Gasteiger partial charge is 0.254 e. The second-order valence-electron chi connectivity index (χ2n) is 6.28. The zero-order valence-electron chi connectivity index (χ0n) is 13.8. The van der Waals surface area contributed by atoms with Crippen LogP contribution in [-0.4, -0.2) is 51.5 Å². The molecule has 25 heavy (non-hydrogen) atoms. The third kappa shape index (κ3) is 3.39. The highest BCUT2D eigenvalue weighted by Gasteiger charge is 2.22. The first-order valence-electron chi connectivity index (χ1n) is 8.39. The van der Waals surface area contributed by atoms with Crippen molar-refractivity contribution >= 4 is 11.4 Å². The number of piperazine rings is 1. The van der Waals surface area contributed by atoms with Crippen molar-refractivity contribution in [1.29, 1.82) is 0 Å². The molecule has 0 radical (unpaired) electrons. The van der Waals surface area contributed by atoms with Gasteiger partial charge in [0.05, 0.1) is 11.2 Å². The Kier molecular flexibility index (Phi) is 4.19. The predicted molar refractivity (Wildman–Crippen MR) is 92.8 cm³/mol. The molecular weight excluding hydrogens is 319 g/mol. The molecule has 0 N–H and O–H groups in total. The summed E-state index contributed by atoms with van der Waals surface area (Å²) in [6.07, 6.45) is 1.94. The van der Waals surface area contributed by atoms with Crippen LogP contribution in [0.15, 0.2) is 54.7 Å². The van der Waals surface area contributed by atoms with Gasteiger partial charge in [-0.25, -0.2) is 8.91 Å². The van der Waals surface area contributed by atoms with Crippen molar-refractivity contribution in [2.24, 2.45) is 0 Å². The molecule has 5 nitrogen and oxygen atoms in total. The molecule has 1 fully saturated rings. The van der Waals surface area contributed by atoms with E-state index in [9.17, 15) is 9.18 Å². The van der Waals surface area contributed by atoms with Crippen LogP contribution in [0.5, 0.6) is 0 Å². The van der Waals surface area contributed by atoms with Gasteiger partial charge in [0.2, 0.25) is 0 Å². The van der Waals surface area contributed by atoms with Crippen LogP contribution in [0.2, 0.25) is 0 Å². The molecule has 128 valence electrons. The van der Waals surface area contributed by atoms with Gasteiger partial charge in [0.25, 0.3) is 5.91 Å². The molecule has 1 saturated heterocycles. The molecule has 0 saturated carbocycles. The van der Waals surface area contributed by atoms with Gasteiger partial charge in [-0.3, -0.25) is 9.69 Å². The first-order valence-corrected chi connectivity index (χ1v) is 8.39. The maximum atomic E-state index is 13.3. The van der Waals surface area contributed by atoms with Crippen LogP contribution in [0.25, 0.3) is 5.52 Å². The summed E-state index contributed by atoms with van der Waals surface area (Å²) < 4.78 is 15.2. The number of aromatic nitrogens is 2. The summed E-state index contributed by atoms with van der Waals surface area (Å²) in [5.41, 5.74) is 2.52. The molecule has 4 rings (SSSR count). The maximum Gasteiger partial charge on any atom is 0.254 e. The topological polar surface area (TPSA) is 40.9 Å². The number of hydrogen-bond acceptors (Lipinski definition) is 3. The van der Waals surface area contributed by atoms with Crippen molar-refractivity contribution in [3.05, 3.63) is 71.8 Å². The van der Waals surface area contributed by atoms with E-state index in [1.807, 2.05) is 28.9 Å². The lowest BCUT2D eigenvalue weighted by Crippen LogP contribution is -2.48. The summed E-state index contributed by atoms with van der Waals surface area (Å²) in [7, 11) is 0. The van der Waals surface area contributed by atoms with Crippen molar-refractivity contribution in [3.8, 4) is 0 Å². The number of amides is 1. The first-order chi connectivity index (χ1) is 12.2. The number of hydrogen-bond donors (Lipinski definition) is 0. The Hall–Kier alpha value is -2.73. The fourth-order valence-corrected chi connectivity index (χ4v) is 3.21. The standard InChI is InChI=1S/C19H19FN4O/c20-16-5-3-4-15(12-16)19(25)23-10-8-22(9-11-23)14-17-13-18-6-1-2-7-24(18)21-17/h1-7,12-13H,8-11,14H2. The highest BCUT2D eigenvalue weighted by atomic mass is 19.1. The SMILES string of the molecule is O=C(c1cccc(F)c1)N1CCN(Cc2cc3ccccn3n2)CC1. The monoisotopic (exact) mass is 338 g/mol. The van der Waals surface area contributed by atoms with Crippen LogP contribution in [0.4, 0.5) is 4.39 Å². The Morgan fingerprint density at radius 3 is 2.64 bits per heavy atom. The van der Waals surface area contributed by atoms with Gasteiger partial charge in [0.1, 0.15) is 5.82 Å². The lowest BCUT2D eigenvalue weighted by molar-refractivity contribution is 0.0626. The second-order valence-corrected chi connectivity index (χ2v) is 6.28. The average molecular weight is 338 g/mol. The lowest BCUT2D eigenvalue weighted by atomic mass is 10.1. The third-order valence-corrected chi connectivity index (χ3v) is 4.54. The highest BCUT2D eigenvalue weighted by Crippen LogP contribution is 2.13. The molecule has 6 heteroatoms. The maximum absolute atomic E-state index is 13.3. The minimum atomic E-state index is -0.378. The van der Waals surface area contributed by atoms with Gasteiger partial charge in [0.15, 0.2) is 0 Å². The summed E-state index contributed by atoms with van der Waals surface area (Å²) in [5, 5.41) is 4.57. The van der Waals surface area contributed by atoms with Gasteiger partial charge in [-0.2, -0.15) is 5.10 Å². The Labute approximate surface area is 145 Å². The molecule has 3 aromatic rings. The van der Waals surface area contributed by atoms with E-state index in [-0.39, 0.29) is 11.7 Å². The van der Waals surface area contributed by atoms with Crippen molar-refractivity contribution in [1.82, 2.24) is 19.4 Å². The van der Waals surface area contributed by atoms with Gasteiger partial charge in [0, 0.05) is 44.5 Å². The molecule has 0 aliphatic carbocycles. The van der Waals surface area contributed by atoms with Crippen LogP contribution < -0.4 is 0 Å². The quantitative estimate of drug-likeness (QED) is 0.736. The first kappa shape index (κ1) is 15.8. The van der Waals surface area contributed by atoms with Crippen LogP contribution in [0, 0.1) is 5.82 Å². The van der Waals surface area contributed by atoms with Crippen molar-refractivity contribution in [3.63, 3.8) is 0 Å². The number of carbonyl (C=O) groups excluding carboxylic acids is 1. The molecule has 3 heterocycles. The molecular formula is C19H19FN4O. The molecule has 1 aromatic carbocycles. The van der Waals surface area contributed by atoms with Crippen LogP contribution in [0.3, 0.4) is 0 Å². The number of fused-ring (bicyclic) bond motifs is 1. The van der Waals surface area contributed by atoms with Crippen LogP contribution >= 0.6 is 0 Å². The van der Waals surface area contributed by atoms with Gasteiger partial charge in [-0.15, -0.1) is 0 Å². The van der Waals surface area contributed by atoms with Gasteiger partial charge >= 0.3 is 0 Å². The predicted octanol–water partition coefficient (Wildman–Crippen LogP) is 2.43. The lowest BCUT2D eigenvalue weighted by Gasteiger charge is -2.34. The van der Waals surface area contributed by atoms with Crippen molar-refractivity contribution < 1.29 is 9.18 Å². The van der Waals surface area contributed by atoms with E-state index in [4.69, 9.17) is 0 Å². The molecule has 0 bridgehead atoms. The van der Waals surface area contributed by atoms with Gasteiger partial charge in [-0.05, 0) is 36.4 Å². The molecule has 1 aliphatic heterocycles.